The first-order valence-corrected chi connectivity index (χ1v) is 8.09. The molecular formula is C12H17N3O3S. The third-order valence-corrected chi connectivity index (χ3v) is 5.83. The first-order chi connectivity index (χ1) is 9.16. The highest BCUT2D eigenvalue weighted by Gasteiger charge is 2.41. The molecule has 1 unspecified atom stereocenters. The van der Waals surface area contributed by atoms with Gasteiger partial charge >= 0.3 is 6.01 Å². The minimum Gasteiger partial charge on any atom is -0.459 e. The molecule has 3 rings (SSSR count). The van der Waals surface area contributed by atoms with E-state index >= 15 is 0 Å². The highest BCUT2D eigenvalue weighted by molar-refractivity contribution is 7.90. The van der Waals surface area contributed by atoms with Crippen LogP contribution in [0.1, 0.15) is 25.7 Å². The lowest BCUT2D eigenvalue weighted by Gasteiger charge is -2.31. The van der Waals surface area contributed by atoms with Crippen LogP contribution in [0.2, 0.25) is 0 Å². The Morgan fingerprint density at radius 1 is 1.21 bits per heavy atom. The van der Waals surface area contributed by atoms with E-state index in [0.717, 1.165) is 25.7 Å². The van der Waals surface area contributed by atoms with Crippen LogP contribution < -0.4 is 4.74 Å². The van der Waals surface area contributed by atoms with E-state index in [0.29, 0.717) is 19.1 Å². The van der Waals surface area contributed by atoms with Gasteiger partial charge in [-0.3, -0.25) is 0 Å². The fourth-order valence-corrected chi connectivity index (χ4v) is 4.22. The second-order valence-corrected chi connectivity index (χ2v) is 7.23. The number of aromatic nitrogens is 2. The van der Waals surface area contributed by atoms with Crippen molar-refractivity contribution in [2.75, 3.05) is 13.1 Å². The fraction of sp³-hybridized carbons (Fsp3) is 0.667. The number of nitrogens with zero attached hydrogens (tertiary/aromatic N) is 3. The van der Waals surface area contributed by atoms with Crippen LogP contribution in [0.3, 0.4) is 0 Å². The number of hydrogen-bond acceptors (Lipinski definition) is 5. The number of ether oxygens (including phenoxy) is 1. The molecule has 1 saturated heterocycles. The highest BCUT2D eigenvalue weighted by atomic mass is 32.2. The van der Waals surface area contributed by atoms with Crippen molar-refractivity contribution in [3.8, 4) is 6.01 Å². The molecule has 1 aromatic heterocycles. The monoisotopic (exact) mass is 283 g/mol. The molecule has 0 bridgehead atoms. The summed E-state index contributed by atoms with van der Waals surface area (Å²) in [6.07, 6.45) is 6.34. The summed E-state index contributed by atoms with van der Waals surface area (Å²) in [5.74, 6) is 0. The lowest BCUT2D eigenvalue weighted by atomic mass is 10.1. The second-order valence-electron chi connectivity index (χ2n) is 5.02. The van der Waals surface area contributed by atoms with Gasteiger partial charge in [0.15, 0.2) is 0 Å². The summed E-state index contributed by atoms with van der Waals surface area (Å²) in [6, 6.07) is 2.04. The molecule has 1 aliphatic carbocycles. The topological polar surface area (TPSA) is 72.4 Å². The van der Waals surface area contributed by atoms with Crippen LogP contribution in [0.15, 0.2) is 18.5 Å². The minimum absolute atomic E-state index is 0.148. The number of rotatable bonds is 4. The Hall–Kier alpha value is -1.21. The zero-order valence-electron chi connectivity index (χ0n) is 10.6. The fourth-order valence-electron chi connectivity index (χ4n) is 2.30. The molecule has 2 fully saturated rings. The molecular weight excluding hydrogens is 266 g/mol. The molecule has 1 aromatic rings. The lowest BCUT2D eigenvalue weighted by molar-refractivity contribution is 0.119. The molecule has 19 heavy (non-hydrogen) atoms. The molecule has 2 heterocycles. The molecule has 0 aromatic carbocycles. The number of sulfonamides is 1. The smallest absolute Gasteiger partial charge is 0.316 e. The molecule has 2 aliphatic rings. The molecule has 0 spiro atoms. The van der Waals surface area contributed by atoms with Crippen LogP contribution in [0.25, 0.3) is 0 Å². The van der Waals surface area contributed by atoms with Crippen molar-refractivity contribution in [3.05, 3.63) is 18.5 Å². The van der Waals surface area contributed by atoms with E-state index in [-0.39, 0.29) is 11.4 Å². The van der Waals surface area contributed by atoms with Crippen LogP contribution in [0, 0.1) is 0 Å². The van der Waals surface area contributed by atoms with E-state index < -0.39 is 10.0 Å². The van der Waals surface area contributed by atoms with E-state index in [2.05, 4.69) is 9.97 Å². The molecule has 1 saturated carbocycles. The zero-order chi connectivity index (χ0) is 13.3. The Bertz CT molecular complexity index is 530. The van der Waals surface area contributed by atoms with Gasteiger partial charge in [-0.1, -0.05) is 0 Å². The standard InChI is InChI=1S/C12H17N3O3S/c16-19(17,11-4-5-11)15-8-1-3-10(9-15)18-12-13-6-2-7-14-12/h2,6-7,10-11H,1,3-5,8-9H2. The predicted octanol–water partition coefficient (Wildman–Crippen LogP) is 0.812. The van der Waals surface area contributed by atoms with Gasteiger partial charge in [0, 0.05) is 18.9 Å². The predicted molar refractivity (Wildman–Crippen MR) is 69.2 cm³/mol. The Labute approximate surface area is 112 Å². The second kappa shape index (κ2) is 5.05. The average molecular weight is 283 g/mol. The van der Waals surface area contributed by atoms with E-state index in [1.54, 1.807) is 22.8 Å². The van der Waals surface area contributed by atoms with Crippen molar-refractivity contribution in [2.45, 2.75) is 37.0 Å². The van der Waals surface area contributed by atoms with Gasteiger partial charge in [0.05, 0.1) is 11.8 Å². The van der Waals surface area contributed by atoms with Gasteiger partial charge in [0.2, 0.25) is 10.0 Å². The van der Waals surface area contributed by atoms with E-state index in [4.69, 9.17) is 4.74 Å². The van der Waals surface area contributed by atoms with Crippen molar-refractivity contribution in [1.29, 1.82) is 0 Å². The molecule has 7 heteroatoms. The van der Waals surface area contributed by atoms with Crippen LogP contribution in [0.5, 0.6) is 6.01 Å². The molecule has 6 nitrogen and oxygen atoms in total. The SMILES string of the molecule is O=S(=O)(C1CC1)N1CCCC(Oc2ncccn2)C1. The van der Waals surface area contributed by atoms with Crippen molar-refractivity contribution in [3.63, 3.8) is 0 Å². The molecule has 104 valence electrons. The van der Waals surface area contributed by atoms with E-state index in [1.165, 1.54) is 0 Å². The number of piperidine rings is 1. The van der Waals surface area contributed by atoms with Gasteiger partial charge < -0.3 is 4.74 Å². The van der Waals surface area contributed by atoms with Crippen molar-refractivity contribution in [1.82, 2.24) is 14.3 Å². The Morgan fingerprint density at radius 3 is 2.63 bits per heavy atom. The molecule has 0 N–H and O–H groups in total. The van der Waals surface area contributed by atoms with E-state index in [9.17, 15) is 8.42 Å². The first-order valence-electron chi connectivity index (χ1n) is 6.59. The van der Waals surface area contributed by atoms with Crippen LogP contribution in [0.4, 0.5) is 0 Å². The summed E-state index contributed by atoms with van der Waals surface area (Å²) >= 11 is 0. The summed E-state index contributed by atoms with van der Waals surface area (Å²) < 4.78 is 31.6. The maximum atomic E-state index is 12.2. The molecule has 0 radical (unpaired) electrons. The summed E-state index contributed by atoms with van der Waals surface area (Å²) in [5, 5.41) is -0.153. The quantitative estimate of drug-likeness (QED) is 0.817. The van der Waals surface area contributed by atoms with Gasteiger partial charge in [-0.2, -0.15) is 4.31 Å². The normalized spacial score (nSPS) is 25.2. The van der Waals surface area contributed by atoms with E-state index in [1.807, 2.05) is 0 Å². The highest BCUT2D eigenvalue weighted by Crippen LogP contribution is 2.32. The van der Waals surface area contributed by atoms with Crippen molar-refractivity contribution >= 4 is 10.0 Å². The van der Waals surface area contributed by atoms with Crippen molar-refractivity contribution in [2.24, 2.45) is 0 Å². The first kappa shape index (κ1) is 12.8. The molecule has 1 atom stereocenters. The van der Waals surface area contributed by atoms with Crippen LogP contribution in [-0.2, 0) is 10.0 Å². The lowest BCUT2D eigenvalue weighted by Crippen LogP contribution is -2.45. The Morgan fingerprint density at radius 2 is 1.95 bits per heavy atom. The maximum absolute atomic E-state index is 12.2. The third-order valence-electron chi connectivity index (χ3n) is 3.46. The van der Waals surface area contributed by atoms with Gasteiger partial charge in [0.1, 0.15) is 6.10 Å². The number of hydrogen-bond donors (Lipinski definition) is 0. The van der Waals surface area contributed by atoms with Gasteiger partial charge in [0.25, 0.3) is 0 Å². The Kier molecular flexibility index (Phi) is 3.40. The molecule has 1 aliphatic heterocycles. The summed E-state index contributed by atoms with van der Waals surface area (Å²) in [7, 11) is -3.10. The van der Waals surface area contributed by atoms with Gasteiger partial charge in [-0.25, -0.2) is 18.4 Å². The average Bonchev–Trinajstić information content (AvgIpc) is 3.25. The minimum atomic E-state index is -3.10. The molecule has 0 amide bonds. The maximum Gasteiger partial charge on any atom is 0.316 e. The summed E-state index contributed by atoms with van der Waals surface area (Å²) in [6.45, 7) is 1.02. The summed E-state index contributed by atoms with van der Waals surface area (Å²) in [4.78, 5) is 8.01. The third kappa shape index (κ3) is 2.87. The van der Waals surface area contributed by atoms with Crippen LogP contribution in [-0.4, -0.2) is 47.1 Å². The largest absolute Gasteiger partial charge is 0.459 e. The Balaban J connectivity index is 1.65. The van der Waals surface area contributed by atoms with Gasteiger partial charge in [-0.05, 0) is 31.7 Å². The van der Waals surface area contributed by atoms with Crippen molar-refractivity contribution < 1.29 is 13.2 Å². The van der Waals surface area contributed by atoms with Gasteiger partial charge in [-0.15, -0.1) is 0 Å². The summed E-state index contributed by atoms with van der Waals surface area (Å²) in [5.41, 5.74) is 0. The van der Waals surface area contributed by atoms with Crippen LogP contribution >= 0.6 is 0 Å². The zero-order valence-corrected chi connectivity index (χ0v) is 11.4.